The van der Waals surface area contributed by atoms with E-state index in [9.17, 15) is 18.0 Å². The van der Waals surface area contributed by atoms with E-state index < -0.39 is 17.7 Å². The Morgan fingerprint density at radius 1 is 1.05 bits per heavy atom. The lowest BCUT2D eigenvalue weighted by Gasteiger charge is -2.17. The minimum absolute atomic E-state index is 0.0364. The van der Waals surface area contributed by atoms with Crippen molar-refractivity contribution in [3.8, 4) is 11.4 Å². The molecule has 1 heterocycles. The van der Waals surface area contributed by atoms with Gasteiger partial charge in [0.15, 0.2) is 0 Å². The zero-order valence-electron chi connectivity index (χ0n) is 21.9. The first kappa shape index (κ1) is 27.9. The molecule has 0 spiro atoms. The monoisotopic (exact) mass is 537 g/mol. The lowest BCUT2D eigenvalue weighted by Crippen LogP contribution is -2.15. The van der Waals surface area contributed by atoms with Crippen LogP contribution < -0.4 is 10.1 Å². The summed E-state index contributed by atoms with van der Waals surface area (Å²) >= 11 is 0. The molecule has 0 amide bonds. The molecule has 6 nitrogen and oxygen atoms in total. The van der Waals surface area contributed by atoms with Crippen molar-refractivity contribution in [1.29, 1.82) is 0 Å². The van der Waals surface area contributed by atoms with Crippen LogP contribution in [-0.4, -0.2) is 20.9 Å². The van der Waals surface area contributed by atoms with E-state index in [0.29, 0.717) is 24.5 Å². The Labute approximate surface area is 225 Å². The van der Waals surface area contributed by atoms with Crippen molar-refractivity contribution in [3.05, 3.63) is 112 Å². The summed E-state index contributed by atoms with van der Waals surface area (Å²) in [6, 6.07) is 17.8. The van der Waals surface area contributed by atoms with Crippen molar-refractivity contribution in [2.24, 2.45) is 0 Å². The van der Waals surface area contributed by atoms with E-state index in [4.69, 9.17) is 9.84 Å². The van der Waals surface area contributed by atoms with E-state index in [2.05, 4.69) is 10.4 Å². The molecule has 39 heavy (non-hydrogen) atoms. The number of ether oxygens (including phenoxy) is 1. The summed E-state index contributed by atoms with van der Waals surface area (Å²) in [7, 11) is 0. The highest BCUT2D eigenvalue weighted by molar-refractivity contribution is 5.87. The molecule has 9 heteroatoms. The van der Waals surface area contributed by atoms with E-state index in [1.165, 1.54) is 16.8 Å². The largest absolute Gasteiger partial charge is 0.487 e. The van der Waals surface area contributed by atoms with Gasteiger partial charge in [-0.25, -0.2) is 9.48 Å². The fourth-order valence-electron chi connectivity index (χ4n) is 4.33. The van der Waals surface area contributed by atoms with Crippen molar-refractivity contribution >= 4 is 5.97 Å². The van der Waals surface area contributed by atoms with Gasteiger partial charge < -0.3 is 15.2 Å². The Balaban J connectivity index is 1.46. The van der Waals surface area contributed by atoms with Gasteiger partial charge in [0, 0.05) is 13.1 Å². The third-order valence-electron chi connectivity index (χ3n) is 6.50. The molecule has 0 aliphatic rings. The molecule has 0 saturated heterocycles. The number of para-hydroxylation sites is 1. The number of carbonyl (C=O) groups is 1. The first-order valence-electron chi connectivity index (χ1n) is 12.5. The molecule has 0 atom stereocenters. The standard InChI is InChI=1S/C30H30F3N3O3/c1-19(2)25-17-35-36(27-7-5-4-6-26(27)30(31,32)33)28(25)18-39-24-13-12-23(20(3)14-24)16-34-15-21-8-10-22(11-9-21)29(37)38/h4-14,17,19,34H,15-16,18H2,1-3H3,(H,37,38). The number of nitrogens with one attached hydrogen (secondary N) is 1. The minimum Gasteiger partial charge on any atom is -0.487 e. The number of alkyl halides is 3. The Hall–Kier alpha value is -4.11. The van der Waals surface area contributed by atoms with Crippen LogP contribution in [0.2, 0.25) is 0 Å². The second-order valence-electron chi connectivity index (χ2n) is 9.61. The predicted octanol–water partition coefficient (Wildman–Crippen LogP) is 6.89. The Kier molecular flexibility index (Phi) is 8.40. The highest BCUT2D eigenvalue weighted by Gasteiger charge is 2.34. The molecule has 1 aromatic heterocycles. The number of hydrogen-bond acceptors (Lipinski definition) is 4. The smallest absolute Gasteiger partial charge is 0.418 e. The Morgan fingerprint density at radius 2 is 1.77 bits per heavy atom. The first-order valence-corrected chi connectivity index (χ1v) is 12.5. The third-order valence-corrected chi connectivity index (χ3v) is 6.50. The molecule has 0 fully saturated rings. The number of carboxylic acid groups (broad SMARTS) is 1. The number of aryl methyl sites for hydroxylation is 1. The Bertz CT molecular complexity index is 1440. The Morgan fingerprint density at radius 3 is 2.41 bits per heavy atom. The van der Waals surface area contributed by atoms with Gasteiger partial charge in [-0.2, -0.15) is 18.3 Å². The van der Waals surface area contributed by atoms with E-state index in [-0.39, 0.29) is 23.8 Å². The van der Waals surface area contributed by atoms with E-state index in [1.807, 2.05) is 39.0 Å². The van der Waals surface area contributed by atoms with Crippen LogP contribution in [0.4, 0.5) is 13.2 Å². The summed E-state index contributed by atoms with van der Waals surface area (Å²) < 4.78 is 48.5. The molecule has 0 aliphatic carbocycles. The predicted molar refractivity (Wildman–Crippen MR) is 142 cm³/mol. The maximum Gasteiger partial charge on any atom is 0.418 e. The molecule has 204 valence electrons. The summed E-state index contributed by atoms with van der Waals surface area (Å²) in [6.07, 6.45) is -2.91. The van der Waals surface area contributed by atoms with Crippen LogP contribution in [0.15, 0.2) is 72.9 Å². The quantitative estimate of drug-likeness (QED) is 0.230. The molecule has 3 aromatic carbocycles. The number of hydrogen-bond donors (Lipinski definition) is 2. The van der Waals surface area contributed by atoms with Gasteiger partial charge in [-0.05, 0) is 71.5 Å². The minimum atomic E-state index is -4.51. The summed E-state index contributed by atoms with van der Waals surface area (Å²) in [5.41, 5.74) is 3.89. The van der Waals surface area contributed by atoms with E-state index >= 15 is 0 Å². The van der Waals surface area contributed by atoms with E-state index in [1.54, 1.807) is 36.5 Å². The van der Waals surface area contributed by atoms with Gasteiger partial charge in [0.2, 0.25) is 0 Å². The van der Waals surface area contributed by atoms with Crippen LogP contribution in [0.3, 0.4) is 0 Å². The van der Waals surface area contributed by atoms with Crippen LogP contribution in [0.5, 0.6) is 5.75 Å². The van der Waals surface area contributed by atoms with Gasteiger partial charge in [0.05, 0.1) is 28.7 Å². The van der Waals surface area contributed by atoms with Crippen LogP contribution in [0.1, 0.15) is 63.6 Å². The number of nitrogens with zero attached hydrogens (tertiary/aromatic N) is 2. The summed E-state index contributed by atoms with van der Waals surface area (Å²) in [4.78, 5) is 11.0. The topological polar surface area (TPSA) is 76.4 Å². The molecule has 4 rings (SSSR count). The van der Waals surface area contributed by atoms with Gasteiger partial charge in [-0.3, -0.25) is 0 Å². The normalized spacial score (nSPS) is 11.7. The van der Waals surface area contributed by atoms with E-state index in [0.717, 1.165) is 28.3 Å². The zero-order chi connectivity index (χ0) is 28.2. The molecule has 4 aromatic rings. The lowest BCUT2D eigenvalue weighted by molar-refractivity contribution is -0.137. The molecule has 0 radical (unpaired) electrons. The van der Waals surface area contributed by atoms with Crippen molar-refractivity contribution < 1.29 is 27.8 Å². The summed E-state index contributed by atoms with van der Waals surface area (Å²) in [5, 5.41) is 16.7. The zero-order valence-corrected chi connectivity index (χ0v) is 21.9. The SMILES string of the molecule is Cc1cc(OCc2c(C(C)C)cnn2-c2ccccc2C(F)(F)F)ccc1CNCc1ccc(C(=O)O)cc1. The van der Waals surface area contributed by atoms with Crippen LogP contribution in [0.25, 0.3) is 5.69 Å². The van der Waals surface area contributed by atoms with Gasteiger partial charge in [-0.1, -0.05) is 44.2 Å². The van der Waals surface area contributed by atoms with Gasteiger partial charge >= 0.3 is 12.1 Å². The molecule has 0 unspecified atom stereocenters. The average Bonchev–Trinajstić information content (AvgIpc) is 3.32. The number of aromatic carboxylic acids is 1. The first-order chi connectivity index (χ1) is 18.5. The number of benzene rings is 3. The van der Waals surface area contributed by atoms with Gasteiger partial charge in [0.1, 0.15) is 12.4 Å². The number of aromatic nitrogens is 2. The van der Waals surface area contributed by atoms with Gasteiger partial charge in [-0.15, -0.1) is 0 Å². The fraction of sp³-hybridized carbons (Fsp3) is 0.267. The molecule has 0 aliphatic heterocycles. The number of rotatable bonds is 10. The van der Waals surface area contributed by atoms with Crippen molar-refractivity contribution in [3.63, 3.8) is 0 Å². The van der Waals surface area contributed by atoms with Crippen LogP contribution in [0, 0.1) is 6.92 Å². The van der Waals surface area contributed by atoms with Crippen molar-refractivity contribution in [2.75, 3.05) is 0 Å². The second kappa shape index (κ2) is 11.7. The average molecular weight is 538 g/mol. The van der Waals surface area contributed by atoms with Gasteiger partial charge in [0.25, 0.3) is 0 Å². The lowest BCUT2D eigenvalue weighted by atomic mass is 10.0. The highest BCUT2D eigenvalue weighted by atomic mass is 19.4. The highest BCUT2D eigenvalue weighted by Crippen LogP contribution is 2.35. The summed E-state index contributed by atoms with van der Waals surface area (Å²) in [5.74, 6) is -0.304. The fourth-order valence-corrected chi connectivity index (χ4v) is 4.33. The van der Waals surface area contributed by atoms with Crippen molar-refractivity contribution in [2.45, 2.75) is 52.6 Å². The van der Waals surface area contributed by atoms with Crippen LogP contribution >= 0.6 is 0 Å². The second-order valence-corrected chi connectivity index (χ2v) is 9.61. The maximum atomic E-state index is 13.7. The number of halogens is 3. The molecular weight excluding hydrogens is 507 g/mol. The summed E-state index contributed by atoms with van der Waals surface area (Å²) in [6.45, 7) is 7.14. The molecular formula is C30H30F3N3O3. The molecule has 0 saturated carbocycles. The molecule has 2 N–H and O–H groups in total. The van der Waals surface area contributed by atoms with Crippen molar-refractivity contribution in [1.82, 2.24) is 15.1 Å². The molecule has 0 bridgehead atoms. The number of carboxylic acids is 1. The van der Waals surface area contributed by atoms with Crippen LogP contribution in [-0.2, 0) is 25.9 Å². The maximum absolute atomic E-state index is 13.7. The third kappa shape index (κ3) is 6.67.